The number of nitrogens with one attached hydrogen (secondary N) is 1. The fraction of sp³-hybridized carbons (Fsp3) is 0.733. The quantitative estimate of drug-likeness (QED) is 0.849. The van der Waals surface area contributed by atoms with Crippen LogP contribution < -0.4 is 5.43 Å². The maximum atomic E-state index is 12.9. The van der Waals surface area contributed by atoms with E-state index in [1.165, 1.54) is 24.3 Å². The molecule has 0 aromatic carbocycles. The smallest absolute Gasteiger partial charge is 0.303 e. The van der Waals surface area contributed by atoms with E-state index in [0.29, 0.717) is 18.3 Å². The van der Waals surface area contributed by atoms with Gasteiger partial charge in [0.05, 0.1) is 5.41 Å². The topological polar surface area (TPSA) is 86.1 Å². The van der Waals surface area contributed by atoms with E-state index < -0.39 is 11.0 Å². The number of hydrogen-bond donors (Lipinski definition) is 1. The molecule has 4 aliphatic carbocycles. The molecule has 0 aliphatic heterocycles. The molecule has 2 unspecified atom stereocenters. The predicted molar refractivity (Wildman–Crippen MR) is 76.0 cm³/mol. The minimum absolute atomic E-state index is 0.00192. The Hall–Kier alpha value is -1.92. The molecule has 5 rings (SSSR count). The van der Waals surface area contributed by atoms with Crippen molar-refractivity contribution in [2.75, 3.05) is 5.43 Å². The van der Waals surface area contributed by atoms with E-state index in [-0.39, 0.29) is 11.9 Å². The predicted octanol–water partition coefficient (Wildman–Crippen LogP) is 1.25. The summed E-state index contributed by atoms with van der Waals surface area (Å²) in [6.45, 7) is 1.46. The van der Waals surface area contributed by atoms with E-state index in [1.54, 1.807) is 0 Å². The van der Waals surface area contributed by atoms with Gasteiger partial charge in [-0.1, -0.05) is 0 Å². The SMILES string of the molecule is CC(=O)OC12CC3CC(C1)CC(C(=O)Nn1cnnc1)(C3)C2. The molecule has 7 nitrogen and oxygen atoms in total. The molecule has 1 N–H and O–H groups in total. The van der Waals surface area contributed by atoms with E-state index in [2.05, 4.69) is 15.6 Å². The Kier molecular flexibility index (Phi) is 2.83. The van der Waals surface area contributed by atoms with Gasteiger partial charge in [-0.3, -0.25) is 15.0 Å². The van der Waals surface area contributed by atoms with Gasteiger partial charge in [-0.05, 0) is 43.9 Å². The molecule has 1 amide bonds. The van der Waals surface area contributed by atoms with Gasteiger partial charge in [0.2, 0.25) is 5.91 Å². The van der Waals surface area contributed by atoms with Crippen LogP contribution in [0, 0.1) is 17.3 Å². The first-order valence-corrected chi connectivity index (χ1v) is 7.84. The lowest BCUT2D eigenvalue weighted by Crippen LogP contribution is -2.61. The summed E-state index contributed by atoms with van der Waals surface area (Å²) in [5, 5.41) is 7.41. The van der Waals surface area contributed by atoms with Crippen molar-refractivity contribution in [3.63, 3.8) is 0 Å². The summed E-state index contributed by atoms with van der Waals surface area (Å²) >= 11 is 0. The number of amides is 1. The van der Waals surface area contributed by atoms with Crippen molar-refractivity contribution in [1.82, 2.24) is 14.9 Å². The molecule has 4 saturated carbocycles. The van der Waals surface area contributed by atoms with Gasteiger partial charge >= 0.3 is 5.97 Å². The molecule has 0 spiro atoms. The summed E-state index contributed by atoms with van der Waals surface area (Å²) in [6.07, 6.45) is 8.34. The molecule has 4 aliphatic rings. The van der Waals surface area contributed by atoms with Gasteiger partial charge in [0.25, 0.3) is 0 Å². The average molecular weight is 304 g/mol. The summed E-state index contributed by atoms with van der Waals surface area (Å²) in [6, 6.07) is 0. The van der Waals surface area contributed by atoms with Crippen LogP contribution in [0.15, 0.2) is 12.7 Å². The number of carbonyl (C=O) groups is 2. The number of hydrogen-bond acceptors (Lipinski definition) is 5. The Labute approximate surface area is 128 Å². The molecular weight excluding hydrogens is 284 g/mol. The van der Waals surface area contributed by atoms with Crippen LogP contribution in [-0.4, -0.2) is 32.4 Å². The van der Waals surface area contributed by atoms with E-state index in [4.69, 9.17) is 4.74 Å². The van der Waals surface area contributed by atoms with Crippen LogP contribution in [-0.2, 0) is 14.3 Å². The molecule has 1 heterocycles. The number of nitrogens with zero attached hydrogens (tertiary/aromatic N) is 3. The van der Waals surface area contributed by atoms with E-state index in [1.807, 2.05) is 0 Å². The Morgan fingerprint density at radius 2 is 1.82 bits per heavy atom. The van der Waals surface area contributed by atoms with Gasteiger partial charge in [-0.25, -0.2) is 4.68 Å². The lowest BCUT2D eigenvalue weighted by atomic mass is 9.47. The molecule has 118 valence electrons. The second-order valence-corrected chi connectivity index (χ2v) is 7.33. The third-order valence-corrected chi connectivity index (χ3v) is 5.50. The zero-order valence-corrected chi connectivity index (χ0v) is 12.6. The van der Waals surface area contributed by atoms with Crippen molar-refractivity contribution in [2.24, 2.45) is 17.3 Å². The highest BCUT2D eigenvalue weighted by atomic mass is 16.6. The lowest BCUT2D eigenvalue weighted by Gasteiger charge is -2.60. The van der Waals surface area contributed by atoms with E-state index in [0.717, 1.165) is 32.1 Å². The van der Waals surface area contributed by atoms with Crippen molar-refractivity contribution in [3.05, 3.63) is 12.7 Å². The summed E-state index contributed by atoms with van der Waals surface area (Å²) < 4.78 is 7.20. The first-order valence-electron chi connectivity index (χ1n) is 7.84. The highest BCUT2D eigenvalue weighted by Gasteiger charge is 2.62. The first-order chi connectivity index (χ1) is 10.5. The first kappa shape index (κ1) is 13.7. The van der Waals surface area contributed by atoms with Crippen LogP contribution >= 0.6 is 0 Å². The molecular formula is C15H20N4O3. The van der Waals surface area contributed by atoms with Gasteiger partial charge in [0, 0.05) is 13.3 Å². The minimum atomic E-state index is -0.430. The third kappa shape index (κ3) is 2.10. The van der Waals surface area contributed by atoms with Crippen LogP contribution in [0.5, 0.6) is 0 Å². The molecule has 22 heavy (non-hydrogen) atoms. The van der Waals surface area contributed by atoms with Crippen molar-refractivity contribution < 1.29 is 14.3 Å². The normalized spacial score (nSPS) is 38.8. The van der Waals surface area contributed by atoms with Crippen LogP contribution in [0.25, 0.3) is 0 Å². The van der Waals surface area contributed by atoms with Crippen LogP contribution in [0.1, 0.15) is 45.4 Å². The number of carbonyl (C=O) groups excluding carboxylic acids is 2. The highest BCUT2D eigenvalue weighted by molar-refractivity contribution is 5.90. The number of esters is 1. The Morgan fingerprint density at radius 1 is 1.18 bits per heavy atom. The number of ether oxygens (including phenoxy) is 1. The second kappa shape index (κ2) is 4.54. The third-order valence-electron chi connectivity index (χ3n) is 5.50. The maximum absolute atomic E-state index is 12.9. The van der Waals surface area contributed by atoms with Crippen molar-refractivity contribution in [3.8, 4) is 0 Å². The average Bonchev–Trinajstić information content (AvgIpc) is 2.88. The zero-order valence-electron chi connectivity index (χ0n) is 12.6. The zero-order chi connectivity index (χ0) is 15.4. The molecule has 4 fully saturated rings. The van der Waals surface area contributed by atoms with Crippen LogP contribution in [0.2, 0.25) is 0 Å². The maximum Gasteiger partial charge on any atom is 0.303 e. The Morgan fingerprint density at radius 3 is 2.41 bits per heavy atom. The summed E-state index contributed by atoms with van der Waals surface area (Å²) in [5.41, 5.74) is 2.00. The largest absolute Gasteiger partial charge is 0.459 e. The van der Waals surface area contributed by atoms with Gasteiger partial charge in [0.15, 0.2) is 0 Å². The van der Waals surface area contributed by atoms with Crippen molar-refractivity contribution >= 4 is 11.9 Å². The van der Waals surface area contributed by atoms with Crippen LogP contribution in [0.3, 0.4) is 0 Å². The van der Waals surface area contributed by atoms with Gasteiger partial charge in [-0.15, -0.1) is 10.2 Å². The van der Waals surface area contributed by atoms with E-state index in [9.17, 15) is 9.59 Å². The molecule has 1 aromatic heterocycles. The molecule has 1 aromatic rings. The molecule has 0 radical (unpaired) electrons. The standard InChI is InChI=1S/C15H20N4O3/c1-10(20)22-15-5-11-2-12(6-15)4-14(3-11,7-15)13(21)18-19-8-16-17-9-19/h8-9,11-12H,2-7H2,1H3,(H,18,21). The van der Waals surface area contributed by atoms with Gasteiger partial charge < -0.3 is 4.74 Å². The molecule has 7 heteroatoms. The molecule has 0 saturated heterocycles. The monoisotopic (exact) mass is 304 g/mol. The van der Waals surface area contributed by atoms with Crippen molar-refractivity contribution in [2.45, 2.75) is 51.0 Å². The molecule has 4 bridgehead atoms. The minimum Gasteiger partial charge on any atom is -0.459 e. The van der Waals surface area contributed by atoms with Crippen LogP contribution in [0.4, 0.5) is 0 Å². The van der Waals surface area contributed by atoms with E-state index >= 15 is 0 Å². The highest BCUT2D eigenvalue weighted by Crippen LogP contribution is 2.62. The number of rotatable bonds is 3. The van der Waals surface area contributed by atoms with Gasteiger partial charge in [0.1, 0.15) is 18.3 Å². The van der Waals surface area contributed by atoms with Crippen molar-refractivity contribution in [1.29, 1.82) is 0 Å². The summed E-state index contributed by atoms with van der Waals surface area (Å²) in [4.78, 5) is 24.4. The lowest BCUT2D eigenvalue weighted by molar-refractivity contribution is -0.200. The second-order valence-electron chi connectivity index (χ2n) is 7.33. The fourth-order valence-corrected chi connectivity index (χ4v) is 5.36. The Bertz CT molecular complexity index is 598. The summed E-state index contributed by atoms with van der Waals surface area (Å²) in [5.74, 6) is 0.716. The molecule has 2 atom stereocenters. The van der Waals surface area contributed by atoms with Gasteiger partial charge in [-0.2, -0.15) is 0 Å². The fourth-order valence-electron chi connectivity index (χ4n) is 5.36. The number of aromatic nitrogens is 3. The Balaban J connectivity index is 1.61. The summed E-state index contributed by atoms with van der Waals surface area (Å²) in [7, 11) is 0.